The van der Waals surface area contributed by atoms with Crippen LogP contribution < -0.4 is 10.6 Å². The molecule has 0 aromatic rings. The maximum Gasteiger partial charge on any atom is 0.00699 e. The predicted octanol–water partition coefficient (Wildman–Crippen LogP) is 2.93. The maximum atomic E-state index is 3.88. The van der Waals surface area contributed by atoms with Gasteiger partial charge in [-0.2, -0.15) is 0 Å². The average Bonchev–Trinajstić information content (AvgIpc) is 2.75. The Bertz CT molecular complexity index is 215. The highest BCUT2D eigenvalue weighted by Crippen LogP contribution is 2.34. The molecule has 1 heterocycles. The van der Waals surface area contributed by atoms with Crippen LogP contribution in [0.1, 0.15) is 58.8 Å². The Morgan fingerprint density at radius 2 is 2.00 bits per heavy atom. The molecule has 1 aliphatic carbocycles. The number of piperidine rings is 1. The van der Waals surface area contributed by atoms with E-state index in [9.17, 15) is 0 Å². The maximum absolute atomic E-state index is 3.88. The summed E-state index contributed by atoms with van der Waals surface area (Å²) in [4.78, 5) is 0. The largest absolute Gasteiger partial charge is 0.317 e. The lowest BCUT2D eigenvalue weighted by Crippen LogP contribution is -2.45. The molecule has 0 bridgehead atoms. The molecule has 100 valence electrons. The summed E-state index contributed by atoms with van der Waals surface area (Å²) in [6, 6.07) is 0.814. The Kier molecular flexibility index (Phi) is 4.87. The van der Waals surface area contributed by atoms with E-state index in [1.54, 1.807) is 0 Å². The molecule has 2 heteroatoms. The van der Waals surface area contributed by atoms with E-state index < -0.39 is 0 Å². The van der Waals surface area contributed by atoms with E-state index in [4.69, 9.17) is 0 Å². The zero-order valence-corrected chi connectivity index (χ0v) is 11.7. The fraction of sp³-hybridized carbons (Fsp3) is 1.00. The van der Waals surface area contributed by atoms with Gasteiger partial charge in [-0.05, 0) is 62.9 Å². The van der Waals surface area contributed by atoms with Crippen molar-refractivity contribution in [3.63, 3.8) is 0 Å². The van der Waals surface area contributed by atoms with Gasteiger partial charge in [-0.15, -0.1) is 0 Å². The summed E-state index contributed by atoms with van der Waals surface area (Å²) in [6.07, 6.45) is 9.72. The SMILES string of the molecule is CCCC1(CNC2CCC(C)C2)CCNCC1. The summed E-state index contributed by atoms with van der Waals surface area (Å²) in [6.45, 7) is 8.45. The molecule has 2 N–H and O–H groups in total. The van der Waals surface area contributed by atoms with Crippen LogP contribution >= 0.6 is 0 Å². The molecule has 1 saturated heterocycles. The first-order valence-electron chi connectivity index (χ1n) is 7.68. The van der Waals surface area contributed by atoms with Gasteiger partial charge in [0.15, 0.2) is 0 Å². The fourth-order valence-electron chi connectivity index (χ4n) is 3.76. The third-order valence-electron chi connectivity index (χ3n) is 4.91. The highest BCUT2D eigenvalue weighted by Gasteiger charge is 2.32. The lowest BCUT2D eigenvalue weighted by atomic mass is 9.75. The molecule has 2 unspecified atom stereocenters. The third-order valence-corrected chi connectivity index (χ3v) is 4.91. The smallest absolute Gasteiger partial charge is 0.00699 e. The summed E-state index contributed by atoms with van der Waals surface area (Å²) in [5.74, 6) is 0.947. The highest BCUT2D eigenvalue weighted by atomic mass is 15.0. The van der Waals surface area contributed by atoms with E-state index in [-0.39, 0.29) is 0 Å². The minimum absolute atomic E-state index is 0.603. The zero-order valence-electron chi connectivity index (χ0n) is 11.7. The van der Waals surface area contributed by atoms with Crippen LogP contribution in [0.25, 0.3) is 0 Å². The van der Waals surface area contributed by atoms with Gasteiger partial charge in [0.1, 0.15) is 0 Å². The average molecular weight is 238 g/mol. The summed E-state index contributed by atoms with van der Waals surface area (Å²) in [7, 11) is 0. The van der Waals surface area contributed by atoms with Gasteiger partial charge in [-0.1, -0.05) is 20.3 Å². The van der Waals surface area contributed by atoms with Crippen molar-refractivity contribution in [2.24, 2.45) is 11.3 Å². The molecular formula is C15H30N2. The second-order valence-electron chi connectivity index (χ2n) is 6.50. The van der Waals surface area contributed by atoms with Gasteiger partial charge < -0.3 is 10.6 Å². The molecule has 2 nitrogen and oxygen atoms in total. The first-order chi connectivity index (χ1) is 8.24. The fourth-order valence-corrected chi connectivity index (χ4v) is 3.76. The standard InChI is InChI=1S/C15H30N2/c1-3-6-15(7-9-16-10-8-15)12-17-14-5-4-13(2)11-14/h13-14,16-17H,3-12H2,1-2H3. The molecule has 2 atom stereocenters. The van der Waals surface area contributed by atoms with Crippen molar-refractivity contribution in [1.29, 1.82) is 0 Å². The molecule has 0 radical (unpaired) electrons. The van der Waals surface area contributed by atoms with Crippen LogP contribution in [-0.4, -0.2) is 25.7 Å². The van der Waals surface area contributed by atoms with Crippen LogP contribution in [0.15, 0.2) is 0 Å². The Morgan fingerprint density at radius 3 is 2.59 bits per heavy atom. The molecule has 2 rings (SSSR count). The lowest BCUT2D eigenvalue weighted by Gasteiger charge is -2.38. The molecule has 0 spiro atoms. The summed E-state index contributed by atoms with van der Waals surface area (Å²) < 4.78 is 0. The van der Waals surface area contributed by atoms with E-state index in [0.717, 1.165) is 12.0 Å². The van der Waals surface area contributed by atoms with Gasteiger partial charge in [0, 0.05) is 12.6 Å². The van der Waals surface area contributed by atoms with Crippen LogP contribution in [0.2, 0.25) is 0 Å². The number of hydrogen-bond acceptors (Lipinski definition) is 2. The van der Waals surface area contributed by atoms with Gasteiger partial charge in [-0.3, -0.25) is 0 Å². The topological polar surface area (TPSA) is 24.1 Å². The van der Waals surface area contributed by atoms with E-state index in [1.807, 2.05) is 0 Å². The molecule has 17 heavy (non-hydrogen) atoms. The Balaban J connectivity index is 1.80. The number of hydrogen-bond donors (Lipinski definition) is 2. The number of nitrogens with one attached hydrogen (secondary N) is 2. The summed E-state index contributed by atoms with van der Waals surface area (Å²) >= 11 is 0. The third kappa shape index (κ3) is 3.69. The van der Waals surface area contributed by atoms with E-state index in [0.29, 0.717) is 5.41 Å². The molecule has 0 aromatic carbocycles. The second kappa shape index (κ2) is 6.19. The van der Waals surface area contributed by atoms with Gasteiger partial charge in [-0.25, -0.2) is 0 Å². The summed E-state index contributed by atoms with van der Waals surface area (Å²) in [5.41, 5.74) is 0.603. The minimum atomic E-state index is 0.603. The highest BCUT2D eigenvalue weighted by molar-refractivity contribution is 4.88. The van der Waals surface area contributed by atoms with Crippen molar-refractivity contribution in [1.82, 2.24) is 10.6 Å². The van der Waals surface area contributed by atoms with Gasteiger partial charge in [0.2, 0.25) is 0 Å². The van der Waals surface area contributed by atoms with Crippen molar-refractivity contribution < 1.29 is 0 Å². The molecule has 1 aliphatic heterocycles. The van der Waals surface area contributed by atoms with E-state index in [1.165, 1.54) is 64.6 Å². The van der Waals surface area contributed by atoms with Crippen LogP contribution in [0.4, 0.5) is 0 Å². The van der Waals surface area contributed by atoms with Crippen molar-refractivity contribution in [2.75, 3.05) is 19.6 Å². The van der Waals surface area contributed by atoms with E-state index in [2.05, 4.69) is 24.5 Å². The lowest BCUT2D eigenvalue weighted by molar-refractivity contribution is 0.169. The van der Waals surface area contributed by atoms with Crippen LogP contribution in [0.3, 0.4) is 0 Å². The Hall–Kier alpha value is -0.0800. The Morgan fingerprint density at radius 1 is 1.24 bits per heavy atom. The first-order valence-corrected chi connectivity index (χ1v) is 7.68. The van der Waals surface area contributed by atoms with Crippen molar-refractivity contribution in [2.45, 2.75) is 64.8 Å². The van der Waals surface area contributed by atoms with Gasteiger partial charge in [0.05, 0.1) is 0 Å². The first kappa shape index (κ1) is 13.4. The molecule has 0 aromatic heterocycles. The second-order valence-corrected chi connectivity index (χ2v) is 6.50. The molecule has 0 amide bonds. The molecular weight excluding hydrogens is 208 g/mol. The zero-order chi connectivity index (χ0) is 12.1. The minimum Gasteiger partial charge on any atom is -0.317 e. The van der Waals surface area contributed by atoms with E-state index >= 15 is 0 Å². The molecule has 2 aliphatic rings. The number of rotatable bonds is 5. The van der Waals surface area contributed by atoms with Crippen molar-refractivity contribution in [3.8, 4) is 0 Å². The monoisotopic (exact) mass is 238 g/mol. The Labute approximate surface area is 107 Å². The normalized spacial score (nSPS) is 32.8. The van der Waals surface area contributed by atoms with Crippen molar-refractivity contribution >= 4 is 0 Å². The van der Waals surface area contributed by atoms with Crippen LogP contribution in [-0.2, 0) is 0 Å². The van der Waals surface area contributed by atoms with Crippen molar-refractivity contribution in [3.05, 3.63) is 0 Å². The van der Waals surface area contributed by atoms with Gasteiger partial charge in [0.25, 0.3) is 0 Å². The van der Waals surface area contributed by atoms with Crippen LogP contribution in [0, 0.1) is 11.3 Å². The van der Waals surface area contributed by atoms with Crippen LogP contribution in [0.5, 0.6) is 0 Å². The molecule has 1 saturated carbocycles. The predicted molar refractivity (Wildman–Crippen MR) is 74.3 cm³/mol. The summed E-state index contributed by atoms with van der Waals surface area (Å²) in [5, 5.41) is 7.38. The molecule has 2 fully saturated rings. The quantitative estimate of drug-likeness (QED) is 0.769. The van der Waals surface area contributed by atoms with Gasteiger partial charge >= 0.3 is 0 Å².